The Bertz CT molecular complexity index is 1010. The molecule has 1 saturated carbocycles. The van der Waals surface area contributed by atoms with Gasteiger partial charge < -0.3 is 20.4 Å². The average Bonchev–Trinajstić information content (AvgIpc) is 3.48. The number of esters is 1. The van der Waals surface area contributed by atoms with E-state index >= 15 is 0 Å². The number of hydrogen-bond acceptors (Lipinski definition) is 5. The highest BCUT2D eigenvalue weighted by Gasteiger charge is 2.56. The highest BCUT2D eigenvalue weighted by Crippen LogP contribution is 2.42. The van der Waals surface area contributed by atoms with Crippen molar-refractivity contribution in [2.24, 2.45) is 5.92 Å². The summed E-state index contributed by atoms with van der Waals surface area (Å²) >= 11 is 0. The summed E-state index contributed by atoms with van der Waals surface area (Å²) in [6, 6.07) is 7.29. The smallest absolute Gasteiger partial charge is 0.326 e. The molecule has 1 aromatic carbocycles. The summed E-state index contributed by atoms with van der Waals surface area (Å²) in [5.74, 6) is -1.55. The number of para-hydroxylation sites is 1. The van der Waals surface area contributed by atoms with Gasteiger partial charge in [0.25, 0.3) is 11.8 Å². The van der Waals surface area contributed by atoms with Gasteiger partial charge in [-0.05, 0) is 43.7 Å². The summed E-state index contributed by atoms with van der Waals surface area (Å²) in [5, 5.41) is 6.46. The largest absolute Gasteiger partial charge is 0.454 e. The van der Waals surface area contributed by atoms with Crippen molar-refractivity contribution in [3.05, 3.63) is 36.0 Å². The molecule has 9 nitrogen and oxygen atoms in total. The van der Waals surface area contributed by atoms with Crippen LogP contribution in [0, 0.1) is 5.92 Å². The summed E-state index contributed by atoms with van der Waals surface area (Å²) in [6.07, 6.45) is 4.29. The summed E-state index contributed by atoms with van der Waals surface area (Å²) in [4.78, 5) is 52.6. The quantitative estimate of drug-likeness (QED) is 0.443. The lowest BCUT2D eigenvalue weighted by atomic mass is 9.96. The van der Waals surface area contributed by atoms with E-state index in [-0.39, 0.29) is 5.92 Å². The van der Waals surface area contributed by atoms with E-state index in [9.17, 15) is 19.2 Å². The molecule has 0 unspecified atom stereocenters. The number of hydrogen-bond donors (Lipinski definition) is 3. The minimum Gasteiger partial charge on any atom is -0.454 e. The standard InChI is InChI=1S/C21H24N4O5/c1-21(14-6-7-14)19(28)25(20(29)24-21)11-18(27)30-12-17(26)22-9-8-13-10-23-16-5-3-2-4-15(13)16/h2-5,10,14,23H,6-9,11-12H2,1H3,(H,22,26)(H,24,29)/t21-/m1/s1. The third-order valence-corrected chi connectivity index (χ3v) is 5.74. The van der Waals surface area contributed by atoms with Crippen molar-refractivity contribution in [1.29, 1.82) is 0 Å². The van der Waals surface area contributed by atoms with Crippen molar-refractivity contribution < 1.29 is 23.9 Å². The summed E-state index contributed by atoms with van der Waals surface area (Å²) in [6.45, 7) is 1.11. The number of aromatic nitrogens is 1. The van der Waals surface area contributed by atoms with Gasteiger partial charge in [0.2, 0.25) is 0 Å². The van der Waals surface area contributed by atoms with E-state index in [0.717, 1.165) is 34.2 Å². The predicted octanol–water partition coefficient (Wildman–Crippen LogP) is 1.09. The molecule has 1 aliphatic heterocycles. The molecule has 4 rings (SSSR count). The fourth-order valence-electron chi connectivity index (χ4n) is 3.84. The second-order valence-electron chi connectivity index (χ2n) is 7.92. The van der Waals surface area contributed by atoms with Gasteiger partial charge in [0.05, 0.1) is 0 Å². The van der Waals surface area contributed by atoms with Crippen molar-refractivity contribution >= 4 is 34.7 Å². The highest BCUT2D eigenvalue weighted by molar-refractivity contribution is 6.08. The Kier molecular flexibility index (Phi) is 5.19. The number of nitrogens with one attached hydrogen (secondary N) is 3. The second-order valence-corrected chi connectivity index (χ2v) is 7.92. The van der Waals surface area contributed by atoms with Crippen LogP contribution < -0.4 is 10.6 Å². The molecule has 3 N–H and O–H groups in total. The van der Waals surface area contributed by atoms with Crippen LogP contribution in [0.4, 0.5) is 4.79 Å². The van der Waals surface area contributed by atoms with Gasteiger partial charge >= 0.3 is 12.0 Å². The maximum absolute atomic E-state index is 12.5. The first-order chi connectivity index (χ1) is 14.4. The van der Waals surface area contributed by atoms with Crippen molar-refractivity contribution in [3.63, 3.8) is 0 Å². The van der Waals surface area contributed by atoms with Crippen LogP contribution >= 0.6 is 0 Å². The highest BCUT2D eigenvalue weighted by atomic mass is 16.5. The van der Waals surface area contributed by atoms with Crippen LogP contribution in [-0.2, 0) is 25.5 Å². The minimum atomic E-state index is -0.947. The van der Waals surface area contributed by atoms with Crippen LogP contribution in [0.2, 0.25) is 0 Å². The molecule has 9 heteroatoms. The molecule has 2 aliphatic rings. The SMILES string of the molecule is C[C@]1(C2CC2)NC(=O)N(CC(=O)OCC(=O)NCCc2c[nH]c3ccccc23)C1=O. The zero-order valence-corrected chi connectivity index (χ0v) is 16.7. The second kappa shape index (κ2) is 7.81. The fourth-order valence-corrected chi connectivity index (χ4v) is 3.84. The number of benzene rings is 1. The molecule has 158 valence electrons. The van der Waals surface area contributed by atoms with Crippen molar-refractivity contribution in [2.45, 2.75) is 31.7 Å². The van der Waals surface area contributed by atoms with E-state index in [1.54, 1.807) is 6.92 Å². The fraction of sp³-hybridized carbons (Fsp3) is 0.429. The summed E-state index contributed by atoms with van der Waals surface area (Å²) in [5.41, 5.74) is 1.17. The predicted molar refractivity (Wildman–Crippen MR) is 107 cm³/mol. The minimum absolute atomic E-state index is 0.109. The van der Waals surface area contributed by atoms with Gasteiger partial charge in [-0.2, -0.15) is 0 Å². The van der Waals surface area contributed by atoms with Gasteiger partial charge in [-0.1, -0.05) is 18.2 Å². The molecule has 1 atom stereocenters. The van der Waals surface area contributed by atoms with Gasteiger partial charge in [-0.15, -0.1) is 0 Å². The number of fused-ring (bicyclic) bond motifs is 1. The number of aromatic amines is 1. The third kappa shape index (κ3) is 3.87. The number of carbonyl (C=O) groups is 4. The first kappa shape index (κ1) is 19.9. The van der Waals surface area contributed by atoms with Crippen LogP contribution in [0.1, 0.15) is 25.3 Å². The Labute approximate surface area is 173 Å². The van der Waals surface area contributed by atoms with E-state index in [4.69, 9.17) is 4.74 Å². The number of H-pyrrole nitrogens is 1. The molecule has 1 aliphatic carbocycles. The molecular formula is C21H24N4O5. The van der Waals surface area contributed by atoms with Crippen LogP contribution in [0.3, 0.4) is 0 Å². The maximum Gasteiger partial charge on any atom is 0.326 e. The first-order valence-corrected chi connectivity index (χ1v) is 10.00. The number of amides is 4. The number of carbonyl (C=O) groups excluding carboxylic acids is 4. The number of imide groups is 1. The van der Waals surface area contributed by atoms with E-state index in [1.807, 2.05) is 30.5 Å². The van der Waals surface area contributed by atoms with Crippen molar-refractivity contribution in [3.8, 4) is 0 Å². The summed E-state index contributed by atoms with van der Waals surface area (Å²) in [7, 11) is 0. The lowest BCUT2D eigenvalue weighted by Gasteiger charge is -2.20. The monoisotopic (exact) mass is 412 g/mol. The van der Waals surface area contributed by atoms with Crippen LogP contribution in [0.25, 0.3) is 10.9 Å². The Morgan fingerprint density at radius 3 is 2.80 bits per heavy atom. The number of rotatable bonds is 8. The Hall–Kier alpha value is -3.36. The summed E-state index contributed by atoms with van der Waals surface area (Å²) < 4.78 is 4.93. The average molecular weight is 412 g/mol. The van der Waals surface area contributed by atoms with Crippen LogP contribution in [-0.4, -0.2) is 58.9 Å². The molecule has 0 bridgehead atoms. The Morgan fingerprint density at radius 1 is 1.27 bits per heavy atom. The zero-order chi connectivity index (χ0) is 21.3. The maximum atomic E-state index is 12.5. The molecule has 1 saturated heterocycles. The Balaban J connectivity index is 1.20. The molecule has 2 aromatic rings. The third-order valence-electron chi connectivity index (χ3n) is 5.74. The first-order valence-electron chi connectivity index (χ1n) is 10.00. The lowest BCUT2D eigenvalue weighted by molar-refractivity contribution is -0.151. The number of nitrogens with zero attached hydrogens (tertiary/aromatic N) is 1. The van der Waals surface area contributed by atoms with E-state index in [0.29, 0.717) is 13.0 Å². The molecule has 0 radical (unpaired) electrons. The molecule has 4 amide bonds. The van der Waals surface area contributed by atoms with Crippen molar-refractivity contribution in [2.75, 3.05) is 19.7 Å². The van der Waals surface area contributed by atoms with Crippen LogP contribution in [0.15, 0.2) is 30.5 Å². The topological polar surface area (TPSA) is 121 Å². The Morgan fingerprint density at radius 2 is 2.03 bits per heavy atom. The number of urea groups is 1. The van der Waals surface area contributed by atoms with E-state index in [2.05, 4.69) is 15.6 Å². The van der Waals surface area contributed by atoms with Crippen LogP contribution in [0.5, 0.6) is 0 Å². The van der Waals surface area contributed by atoms with Gasteiger partial charge in [0.1, 0.15) is 12.1 Å². The molecule has 2 fully saturated rings. The normalized spacial score (nSPS) is 21.0. The van der Waals surface area contributed by atoms with E-state index in [1.165, 1.54) is 0 Å². The molecular weight excluding hydrogens is 388 g/mol. The molecule has 1 aromatic heterocycles. The molecule has 2 heterocycles. The van der Waals surface area contributed by atoms with Crippen molar-refractivity contribution in [1.82, 2.24) is 20.5 Å². The number of ether oxygens (including phenoxy) is 1. The van der Waals surface area contributed by atoms with Gasteiger partial charge in [-0.3, -0.25) is 19.3 Å². The molecule has 30 heavy (non-hydrogen) atoms. The lowest BCUT2D eigenvalue weighted by Crippen LogP contribution is -2.46. The van der Waals surface area contributed by atoms with Gasteiger partial charge in [0, 0.05) is 23.6 Å². The van der Waals surface area contributed by atoms with E-state index < -0.39 is 42.5 Å². The zero-order valence-electron chi connectivity index (χ0n) is 16.7. The molecule has 0 spiro atoms. The van der Waals surface area contributed by atoms with Gasteiger partial charge in [-0.25, -0.2) is 4.79 Å². The van der Waals surface area contributed by atoms with Gasteiger partial charge in [0.15, 0.2) is 6.61 Å².